The summed E-state index contributed by atoms with van der Waals surface area (Å²) < 4.78 is 5.89. The maximum atomic E-state index is 3.97. The molecule has 0 amide bonds. The SMILES string of the molecule is Brc1cc(-c2ccc3c(c2)c2ccccc2n3-c2ccc(N(c3ccccc3)c3cccc(-c4ccccc4)c3)cc2)cc(-c2ccc3c(c2)c2ccccc2n3-c2ccc(N(c3ccccc3)c3ccccc3)c3ccccc23)c1. The number of hydrogen-bond donors (Lipinski definition) is 0. The van der Waals surface area contributed by atoms with Crippen molar-refractivity contribution < 1.29 is 0 Å². The highest BCUT2D eigenvalue weighted by molar-refractivity contribution is 9.10. The van der Waals surface area contributed by atoms with Crippen LogP contribution >= 0.6 is 15.9 Å². The molecule has 2 aromatic heterocycles. The normalized spacial score (nSPS) is 11.5. The largest absolute Gasteiger partial charge is 0.310 e. The molecule has 0 aliphatic heterocycles. The van der Waals surface area contributed by atoms with Crippen LogP contribution in [0.25, 0.3) is 99.1 Å². The predicted molar refractivity (Wildman–Crippen MR) is 346 cm³/mol. The summed E-state index contributed by atoms with van der Waals surface area (Å²) in [5.41, 5.74) is 20.5. The van der Waals surface area contributed by atoms with Crippen molar-refractivity contribution in [3.05, 3.63) is 314 Å². The third-order valence-corrected chi connectivity index (χ3v) is 16.3. The zero-order chi connectivity index (χ0) is 53.8. The average molecular weight is 1100 g/mol. The summed E-state index contributed by atoms with van der Waals surface area (Å²) in [4.78, 5) is 4.70. The van der Waals surface area contributed by atoms with E-state index >= 15 is 0 Å². The summed E-state index contributed by atoms with van der Waals surface area (Å²) in [6, 6.07) is 112. The van der Waals surface area contributed by atoms with Gasteiger partial charge in [0.1, 0.15) is 0 Å². The second-order valence-electron chi connectivity index (χ2n) is 20.7. The van der Waals surface area contributed by atoms with E-state index < -0.39 is 0 Å². The van der Waals surface area contributed by atoms with Crippen molar-refractivity contribution in [1.29, 1.82) is 0 Å². The summed E-state index contributed by atoms with van der Waals surface area (Å²) in [7, 11) is 0. The van der Waals surface area contributed by atoms with Crippen LogP contribution in [0.15, 0.2) is 314 Å². The minimum absolute atomic E-state index is 1.03. The Morgan fingerprint density at radius 2 is 0.667 bits per heavy atom. The quantitative estimate of drug-likeness (QED) is 0.128. The Hall–Kier alpha value is -10.2. The van der Waals surface area contributed by atoms with Crippen LogP contribution in [0.3, 0.4) is 0 Å². The smallest absolute Gasteiger partial charge is 0.0542 e. The Labute approximate surface area is 479 Å². The minimum atomic E-state index is 1.03. The van der Waals surface area contributed by atoms with Crippen molar-refractivity contribution in [3.8, 4) is 44.8 Å². The molecular formula is C76H51BrN4. The summed E-state index contributed by atoms with van der Waals surface area (Å²) in [5, 5.41) is 7.20. The molecule has 5 heteroatoms. The van der Waals surface area contributed by atoms with Crippen molar-refractivity contribution in [2.24, 2.45) is 0 Å². The lowest BCUT2D eigenvalue weighted by Crippen LogP contribution is -2.10. The molecule has 0 N–H and O–H groups in total. The maximum Gasteiger partial charge on any atom is 0.0542 e. The zero-order valence-corrected chi connectivity index (χ0v) is 45.7. The highest BCUT2D eigenvalue weighted by atomic mass is 79.9. The molecule has 382 valence electrons. The van der Waals surface area contributed by atoms with Crippen molar-refractivity contribution >= 4 is 104 Å². The summed E-state index contributed by atoms with van der Waals surface area (Å²) in [6.07, 6.45) is 0. The topological polar surface area (TPSA) is 16.3 Å². The Morgan fingerprint density at radius 3 is 1.26 bits per heavy atom. The molecule has 0 unspecified atom stereocenters. The molecule has 13 aromatic carbocycles. The lowest BCUT2D eigenvalue weighted by Gasteiger charge is -2.27. The van der Waals surface area contributed by atoms with Gasteiger partial charge in [-0.2, -0.15) is 0 Å². The van der Waals surface area contributed by atoms with E-state index in [1.165, 1.54) is 54.5 Å². The number of fused-ring (bicyclic) bond motifs is 7. The number of rotatable bonds is 11. The van der Waals surface area contributed by atoms with Gasteiger partial charge >= 0.3 is 0 Å². The van der Waals surface area contributed by atoms with E-state index in [2.05, 4.69) is 344 Å². The van der Waals surface area contributed by atoms with E-state index in [9.17, 15) is 0 Å². The van der Waals surface area contributed by atoms with Gasteiger partial charge < -0.3 is 18.9 Å². The molecule has 15 aromatic rings. The van der Waals surface area contributed by atoms with Gasteiger partial charge in [0.25, 0.3) is 0 Å². The van der Waals surface area contributed by atoms with Crippen molar-refractivity contribution in [2.75, 3.05) is 9.80 Å². The van der Waals surface area contributed by atoms with E-state index in [1.807, 2.05) is 0 Å². The molecule has 0 fully saturated rings. The highest BCUT2D eigenvalue weighted by Gasteiger charge is 2.22. The molecule has 0 aliphatic rings. The van der Waals surface area contributed by atoms with Crippen LogP contribution in [0.5, 0.6) is 0 Å². The molecule has 0 bridgehead atoms. The van der Waals surface area contributed by atoms with Crippen molar-refractivity contribution in [3.63, 3.8) is 0 Å². The van der Waals surface area contributed by atoms with Crippen LogP contribution in [-0.2, 0) is 0 Å². The summed E-state index contributed by atoms with van der Waals surface area (Å²) in [5.74, 6) is 0. The number of hydrogen-bond acceptors (Lipinski definition) is 2. The van der Waals surface area contributed by atoms with Gasteiger partial charge in [-0.25, -0.2) is 0 Å². The fourth-order valence-electron chi connectivity index (χ4n) is 12.2. The lowest BCUT2D eigenvalue weighted by atomic mass is 9.97. The molecule has 81 heavy (non-hydrogen) atoms. The van der Waals surface area contributed by atoms with Gasteiger partial charge in [-0.15, -0.1) is 0 Å². The van der Waals surface area contributed by atoms with Crippen LogP contribution in [0.2, 0.25) is 0 Å². The first-order chi connectivity index (χ1) is 40.1. The van der Waals surface area contributed by atoms with Crippen molar-refractivity contribution in [2.45, 2.75) is 0 Å². The van der Waals surface area contributed by atoms with Gasteiger partial charge in [0.15, 0.2) is 0 Å². The average Bonchev–Trinajstić information content (AvgIpc) is 3.91. The molecule has 0 saturated heterocycles. The Kier molecular flexibility index (Phi) is 12.0. The summed E-state index contributed by atoms with van der Waals surface area (Å²) in [6.45, 7) is 0. The number of para-hydroxylation sites is 5. The van der Waals surface area contributed by atoms with Gasteiger partial charge in [-0.3, -0.25) is 0 Å². The van der Waals surface area contributed by atoms with Crippen LogP contribution < -0.4 is 9.80 Å². The first-order valence-corrected chi connectivity index (χ1v) is 28.3. The monoisotopic (exact) mass is 1100 g/mol. The fourth-order valence-corrected chi connectivity index (χ4v) is 12.7. The lowest BCUT2D eigenvalue weighted by molar-refractivity contribution is 1.17. The Morgan fingerprint density at radius 1 is 0.235 bits per heavy atom. The highest BCUT2D eigenvalue weighted by Crippen LogP contribution is 2.45. The van der Waals surface area contributed by atoms with E-state index in [-0.39, 0.29) is 0 Å². The maximum absolute atomic E-state index is 3.97. The number of aromatic nitrogens is 2. The van der Waals surface area contributed by atoms with Gasteiger partial charge in [0.2, 0.25) is 0 Å². The van der Waals surface area contributed by atoms with Gasteiger partial charge in [0, 0.05) is 70.9 Å². The number of nitrogens with zero attached hydrogens (tertiary/aromatic N) is 4. The van der Waals surface area contributed by atoms with Crippen LogP contribution in [-0.4, -0.2) is 9.13 Å². The fraction of sp³-hybridized carbons (Fsp3) is 0. The molecule has 0 atom stereocenters. The molecule has 4 nitrogen and oxygen atoms in total. The van der Waals surface area contributed by atoms with Crippen LogP contribution in [0.4, 0.5) is 34.1 Å². The first kappa shape index (κ1) is 48.0. The molecule has 15 rings (SSSR count). The van der Waals surface area contributed by atoms with Crippen LogP contribution in [0.1, 0.15) is 0 Å². The number of halogens is 1. The Bertz CT molecular complexity index is 4780. The molecular weight excluding hydrogens is 1050 g/mol. The molecule has 0 spiro atoms. The summed E-state index contributed by atoms with van der Waals surface area (Å²) >= 11 is 3.97. The Balaban J connectivity index is 0.793. The standard InChI is InChI=1S/C76H51BrN4/c77-58-47-56(54-36-42-75-69(50-54)67-32-15-17-34-71(67)80(75)63-40-38-62(39-41-63)78(59-23-7-2-8-24-59)64-29-19-22-53(49-64)52-20-5-1-6-21-52)46-57(48-58)55-37-43-76-70(51-55)68-33-16-18-35-72(68)81(76)74-45-44-73(65-30-13-14-31-66(65)74)79(60-25-9-3-10-26-60)61-27-11-4-12-28-61/h1-51H. The minimum Gasteiger partial charge on any atom is -0.310 e. The van der Waals surface area contributed by atoms with Crippen molar-refractivity contribution in [1.82, 2.24) is 9.13 Å². The van der Waals surface area contributed by atoms with E-state index in [4.69, 9.17) is 0 Å². The molecule has 0 radical (unpaired) electrons. The number of anilines is 6. The van der Waals surface area contributed by atoms with Crippen LogP contribution in [0, 0.1) is 0 Å². The predicted octanol–water partition coefficient (Wildman–Crippen LogP) is 21.7. The second kappa shape index (κ2) is 20.2. The van der Waals surface area contributed by atoms with Gasteiger partial charge in [-0.05, 0) is 173 Å². The zero-order valence-electron chi connectivity index (χ0n) is 44.1. The van der Waals surface area contributed by atoms with E-state index in [0.717, 1.165) is 83.3 Å². The van der Waals surface area contributed by atoms with Gasteiger partial charge in [0.05, 0.1) is 33.4 Å². The third-order valence-electron chi connectivity index (χ3n) is 15.9. The van der Waals surface area contributed by atoms with Gasteiger partial charge in [-0.1, -0.05) is 186 Å². The molecule has 0 saturated carbocycles. The number of benzene rings is 13. The first-order valence-electron chi connectivity index (χ1n) is 27.5. The van der Waals surface area contributed by atoms with E-state index in [0.29, 0.717) is 0 Å². The third kappa shape index (κ3) is 8.54. The second-order valence-corrected chi connectivity index (χ2v) is 21.6. The van der Waals surface area contributed by atoms with E-state index in [1.54, 1.807) is 0 Å². The molecule has 0 aliphatic carbocycles. The molecule has 2 heterocycles.